The Morgan fingerprint density at radius 3 is 2.84 bits per heavy atom. The number of ether oxygens (including phenoxy) is 1. The van der Waals surface area contributed by atoms with Crippen molar-refractivity contribution in [3.8, 4) is 17.6 Å². The monoisotopic (exact) mass is 258 g/mol. The quantitative estimate of drug-likeness (QED) is 0.479. The van der Waals surface area contributed by atoms with E-state index < -0.39 is 5.60 Å². The second-order valence-corrected chi connectivity index (χ2v) is 4.57. The Labute approximate surface area is 116 Å². The van der Waals surface area contributed by atoms with Gasteiger partial charge in [-0.1, -0.05) is 56.0 Å². The predicted octanol–water partition coefficient (Wildman–Crippen LogP) is 3.65. The minimum atomic E-state index is -1.19. The van der Waals surface area contributed by atoms with Gasteiger partial charge >= 0.3 is 0 Å². The molecule has 0 bridgehead atoms. The molecular formula is C17H22O2. The summed E-state index contributed by atoms with van der Waals surface area (Å²) in [5.74, 6) is 6.61. The normalized spacial score (nSPS) is 13.0. The lowest BCUT2D eigenvalue weighted by Gasteiger charge is -2.20. The highest BCUT2D eigenvalue weighted by Crippen LogP contribution is 2.29. The van der Waals surface area contributed by atoms with Crippen LogP contribution in [0, 0.1) is 11.8 Å². The van der Waals surface area contributed by atoms with Crippen molar-refractivity contribution < 1.29 is 9.84 Å². The minimum absolute atomic E-state index is 0.413. The summed E-state index contributed by atoms with van der Waals surface area (Å²) in [4.78, 5) is 0. The van der Waals surface area contributed by atoms with Gasteiger partial charge in [0.2, 0.25) is 0 Å². The van der Waals surface area contributed by atoms with Gasteiger partial charge in [0.05, 0.1) is 0 Å². The smallest absolute Gasteiger partial charge is 0.151 e. The first-order chi connectivity index (χ1) is 9.11. The Morgan fingerprint density at radius 1 is 1.42 bits per heavy atom. The van der Waals surface area contributed by atoms with Crippen LogP contribution in [0.15, 0.2) is 36.9 Å². The molecule has 0 heterocycles. The Hall–Kier alpha value is -1.72. The molecule has 102 valence electrons. The minimum Gasteiger partial charge on any atom is -0.489 e. The lowest BCUT2D eigenvalue weighted by Crippen LogP contribution is -2.20. The highest BCUT2D eigenvalue weighted by molar-refractivity contribution is 5.42. The Kier molecular flexibility index (Phi) is 6.18. The fourth-order valence-corrected chi connectivity index (χ4v) is 1.71. The van der Waals surface area contributed by atoms with Gasteiger partial charge in [-0.2, -0.15) is 0 Å². The third-order valence-electron chi connectivity index (χ3n) is 2.76. The molecular weight excluding hydrogens is 236 g/mol. The van der Waals surface area contributed by atoms with E-state index in [1.54, 1.807) is 13.0 Å². The van der Waals surface area contributed by atoms with Crippen LogP contribution >= 0.6 is 0 Å². The number of rotatable bonds is 6. The molecule has 0 aliphatic carbocycles. The lowest BCUT2D eigenvalue weighted by molar-refractivity contribution is 0.118. The molecule has 0 spiro atoms. The number of hydrogen-bond donors (Lipinski definition) is 1. The van der Waals surface area contributed by atoms with Crippen LogP contribution in [-0.2, 0) is 5.60 Å². The van der Waals surface area contributed by atoms with E-state index in [2.05, 4.69) is 25.3 Å². The molecule has 0 aromatic heterocycles. The van der Waals surface area contributed by atoms with Crippen molar-refractivity contribution in [3.63, 3.8) is 0 Å². The van der Waals surface area contributed by atoms with E-state index in [9.17, 15) is 5.11 Å². The van der Waals surface area contributed by atoms with E-state index in [1.807, 2.05) is 24.3 Å². The summed E-state index contributed by atoms with van der Waals surface area (Å²) in [5.41, 5.74) is -0.494. The molecule has 0 saturated carbocycles. The van der Waals surface area contributed by atoms with Gasteiger partial charge in [0.25, 0.3) is 0 Å². The Bertz CT molecular complexity index is 464. The predicted molar refractivity (Wildman–Crippen MR) is 79.0 cm³/mol. The maximum absolute atomic E-state index is 10.5. The molecule has 1 atom stereocenters. The van der Waals surface area contributed by atoms with E-state index in [1.165, 1.54) is 0 Å². The van der Waals surface area contributed by atoms with Gasteiger partial charge in [0, 0.05) is 12.0 Å². The van der Waals surface area contributed by atoms with Crippen LogP contribution < -0.4 is 4.74 Å². The zero-order valence-corrected chi connectivity index (χ0v) is 11.8. The standard InChI is InChI=1S/C17H22O2/c1-4-6-7-10-13-17(3,18)15-11-8-9-12-16(15)19-14-5-2/h5,8-9,11-12,18H,2,4,6-7,14H2,1,3H3. The first kappa shape index (κ1) is 15.3. The topological polar surface area (TPSA) is 29.5 Å². The molecule has 1 aromatic carbocycles. The molecule has 0 amide bonds. The SMILES string of the molecule is C=CCOc1ccccc1C(C)(O)C#CCCCC. The second-order valence-electron chi connectivity index (χ2n) is 4.57. The highest BCUT2D eigenvalue weighted by atomic mass is 16.5. The van der Waals surface area contributed by atoms with Crippen molar-refractivity contribution >= 4 is 0 Å². The number of para-hydroxylation sites is 1. The van der Waals surface area contributed by atoms with E-state index in [0.717, 1.165) is 19.3 Å². The first-order valence-electron chi connectivity index (χ1n) is 6.67. The molecule has 0 aliphatic rings. The average Bonchev–Trinajstić information content (AvgIpc) is 2.41. The van der Waals surface area contributed by atoms with Crippen LogP contribution in [0.5, 0.6) is 5.75 Å². The van der Waals surface area contributed by atoms with E-state index in [4.69, 9.17) is 4.74 Å². The Morgan fingerprint density at radius 2 is 2.16 bits per heavy atom. The summed E-state index contributed by atoms with van der Waals surface area (Å²) in [6.07, 6.45) is 4.65. The number of unbranched alkanes of at least 4 members (excludes halogenated alkanes) is 2. The summed E-state index contributed by atoms with van der Waals surface area (Å²) in [6.45, 7) is 7.85. The number of hydrogen-bond acceptors (Lipinski definition) is 2. The van der Waals surface area contributed by atoms with Crippen LogP contribution in [0.4, 0.5) is 0 Å². The summed E-state index contributed by atoms with van der Waals surface area (Å²) < 4.78 is 5.55. The maximum atomic E-state index is 10.5. The van der Waals surface area contributed by atoms with Crippen LogP contribution in [0.1, 0.15) is 38.7 Å². The van der Waals surface area contributed by atoms with Crippen LogP contribution in [0.2, 0.25) is 0 Å². The molecule has 0 radical (unpaired) electrons. The number of aliphatic hydroxyl groups is 1. The van der Waals surface area contributed by atoms with Crippen molar-refractivity contribution in [1.29, 1.82) is 0 Å². The zero-order chi connectivity index (χ0) is 14.1. The molecule has 1 aromatic rings. The zero-order valence-electron chi connectivity index (χ0n) is 11.8. The molecule has 0 saturated heterocycles. The van der Waals surface area contributed by atoms with Crippen LogP contribution in [-0.4, -0.2) is 11.7 Å². The van der Waals surface area contributed by atoms with Gasteiger partial charge in [0.1, 0.15) is 12.4 Å². The molecule has 0 aliphatic heterocycles. The van der Waals surface area contributed by atoms with Gasteiger partial charge in [-0.25, -0.2) is 0 Å². The molecule has 2 heteroatoms. The third kappa shape index (κ3) is 4.81. The number of benzene rings is 1. The fourth-order valence-electron chi connectivity index (χ4n) is 1.71. The molecule has 19 heavy (non-hydrogen) atoms. The van der Waals surface area contributed by atoms with Gasteiger partial charge in [0.15, 0.2) is 5.60 Å². The molecule has 0 fully saturated rings. The van der Waals surface area contributed by atoms with Crippen molar-refractivity contribution in [3.05, 3.63) is 42.5 Å². The largest absolute Gasteiger partial charge is 0.489 e. The van der Waals surface area contributed by atoms with Crippen molar-refractivity contribution in [2.75, 3.05) is 6.61 Å². The second kappa shape index (κ2) is 7.66. The highest BCUT2D eigenvalue weighted by Gasteiger charge is 2.24. The van der Waals surface area contributed by atoms with Gasteiger partial charge in [-0.3, -0.25) is 0 Å². The summed E-state index contributed by atoms with van der Waals surface area (Å²) in [6, 6.07) is 7.43. The van der Waals surface area contributed by atoms with Crippen molar-refractivity contribution in [2.24, 2.45) is 0 Å². The van der Waals surface area contributed by atoms with Gasteiger partial charge in [-0.05, 0) is 19.4 Å². The van der Waals surface area contributed by atoms with Gasteiger partial charge in [-0.15, -0.1) is 0 Å². The molecule has 1 N–H and O–H groups in total. The molecule has 1 rings (SSSR count). The molecule has 1 unspecified atom stereocenters. The first-order valence-corrected chi connectivity index (χ1v) is 6.67. The van der Waals surface area contributed by atoms with Gasteiger partial charge < -0.3 is 9.84 Å². The summed E-state index contributed by atoms with van der Waals surface area (Å²) >= 11 is 0. The average molecular weight is 258 g/mol. The summed E-state index contributed by atoms with van der Waals surface area (Å²) in [7, 11) is 0. The van der Waals surface area contributed by atoms with E-state index in [0.29, 0.717) is 17.9 Å². The summed E-state index contributed by atoms with van der Waals surface area (Å²) in [5, 5.41) is 10.5. The molecule has 2 nitrogen and oxygen atoms in total. The van der Waals surface area contributed by atoms with E-state index >= 15 is 0 Å². The lowest BCUT2D eigenvalue weighted by atomic mass is 9.95. The van der Waals surface area contributed by atoms with E-state index in [-0.39, 0.29) is 0 Å². The fraction of sp³-hybridized carbons (Fsp3) is 0.412. The Balaban J connectivity index is 2.91. The van der Waals surface area contributed by atoms with Crippen LogP contribution in [0.3, 0.4) is 0 Å². The van der Waals surface area contributed by atoms with Crippen LogP contribution in [0.25, 0.3) is 0 Å². The third-order valence-corrected chi connectivity index (χ3v) is 2.76. The maximum Gasteiger partial charge on any atom is 0.151 e. The van der Waals surface area contributed by atoms with Crippen molar-refractivity contribution in [1.82, 2.24) is 0 Å². The van der Waals surface area contributed by atoms with Crippen molar-refractivity contribution in [2.45, 2.75) is 38.7 Å².